The number of benzene rings is 1. The van der Waals surface area contributed by atoms with E-state index in [4.69, 9.17) is 0 Å². The number of hydrogen-bond donors (Lipinski definition) is 3. The molecule has 6 heteroatoms. The lowest BCUT2D eigenvalue weighted by Crippen LogP contribution is -2.38. The van der Waals surface area contributed by atoms with Crippen LogP contribution in [0, 0.1) is 0 Å². The van der Waals surface area contributed by atoms with Gasteiger partial charge in [0.15, 0.2) is 5.96 Å². The Morgan fingerprint density at radius 2 is 2.05 bits per heavy atom. The summed E-state index contributed by atoms with van der Waals surface area (Å²) in [5.41, 5.74) is 2.23. The molecule has 0 aliphatic carbocycles. The molecule has 1 unspecified atom stereocenters. The van der Waals surface area contributed by atoms with Gasteiger partial charge in [0.1, 0.15) is 0 Å². The van der Waals surface area contributed by atoms with Gasteiger partial charge in [0, 0.05) is 12.7 Å². The van der Waals surface area contributed by atoms with Gasteiger partial charge < -0.3 is 10.6 Å². The maximum Gasteiger partial charge on any atom is 0.192 e. The molecule has 0 fully saturated rings. The van der Waals surface area contributed by atoms with E-state index in [-0.39, 0.29) is 30.0 Å². The van der Waals surface area contributed by atoms with E-state index in [1.54, 1.807) is 6.20 Å². The number of guanidine groups is 1. The van der Waals surface area contributed by atoms with E-state index in [2.05, 4.69) is 51.8 Å². The number of H-pyrrole nitrogens is 1. The lowest BCUT2D eigenvalue weighted by Gasteiger charge is -2.18. The third-order valence-corrected chi connectivity index (χ3v) is 2.96. The quantitative estimate of drug-likeness (QED) is 0.412. The van der Waals surface area contributed by atoms with Crippen molar-refractivity contribution in [3.63, 3.8) is 0 Å². The normalized spacial score (nSPS) is 12.4. The van der Waals surface area contributed by atoms with Gasteiger partial charge in [-0.2, -0.15) is 5.10 Å². The molecule has 0 spiro atoms. The van der Waals surface area contributed by atoms with Gasteiger partial charge in [-0.3, -0.25) is 5.10 Å². The molecule has 2 aromatic rings. The van der Waals surface area contributed by atoms with Gasteiger partial charge in [-0.1, -0.05) is 30.3 Å². The van der Waals surface area contributed by atoms with Crippen molar-refractivity contribution in [2.45, 2.75) is 26.4 Å². The molecule has 0 aliphatic rings. The lowest BCUT2D eigenvalue weighted by molar-refractivity contribution is 0.685. The Balaban J connectivity index is 0.00000220. The molecule has 1 aromatic heterocycles. The van der Waals surface area contributed by atoms with Crippen molar-refractivity contribution in [2.24, 2.45) is 4.99 Å². The Morgan fingerprint density at radius 1 is 1.29 bits per heavy atom. The monoisotopic (exact) mass is 399 g/mol. The van der Waals surface area contributed by atoms with Crippen LogP contribution in [0.5, 0.6) is 0 Å². The summed E-state index contributed by atoms with van der Waals surface area (Å²) in [4.78, 5) is 4.54. The molecule has 114 valence electrons. The second-order valence-electron chi connectivity index (χ2n) is 4.55. The van der Waals surface area contributed by atoms with Crippen LogP contribution in [-0.2, 0) is 6.54 Å². The van der Waals surface area contributed by atoms with E-state index in [1.807, 2.05) is 24.3 Å². The third kappa shape index (κ3) is 5.74. The molecule has 1 atom stereocenters. The van der Waals surface area contributed by atoms with Crippen LogP contribution in [0.1, 0.15) is 31.1 Å². The van der Waals surface area contributed by atoms with Gasteiger partial charge in [0.05, 0.1) is 18.3 Å². The molecule has 5 nitrogen and oxygen atoms in total. The first-order chi connectivity index (χ1) is 9.79. The van der Waals surface area contributed by atoms with Crippen molar-refractivity contribution in [3.8, 4) is 0 Å². The van der Waals surface area contributed by atoms with E-state index >= 15 is 0 Å². The molecule has 0 saturated heterocycles. The summed E-state index contributed by atoms with van der Waals surface area (Å²) in [5.74, 6) is 0.804. The number of aliphatic imine (C=N–C) groups is 1. The SMILES string of the molecule is CCNC(=NCc1ccn[nH]1)NC(C)c1ccccc1.I. The predicted molar refractivity (Wildman–Crippen MR) is 96.8 cm³/mol. The second-order valence-corrected chi connectivity index (χ2v) is 4.55. The topological polar surface area (TPSA) is 65.1 Å². The standard InChI is InChI=1S/C15H21N5.HI/c1-3-16-15(17-11-14-9-10-18-20-14)19-12(2)13-7-5-4-6-8-13;/h4-10,12H,3,11H2,1-2H3,(H,18,20)(H2,16,17,19);1H. The average molecular weight is 399 g/mol. The van der Waals surface area contributed by atoms with Crippen LogP contribution < -0.4 is 10.6 Å². The maximum atomic E-state index is 4.54. The smallest absolute Gasteiger partial charge is 0.192 e. The number of hydrogen-bond acceptors (Lipinski definition) is 2. The molecular weight excluding hydrogens is 377 g/mol. The summed E-state index contributed by atoms with van der Waals surface area (Å²) in [6.45, 7) is 5.59. The number of aromatic amines is 1. The van der Waals surface area contributed by atoms with Crippen LogP contribution >= 0.6 is 24.0 Å². The highest BCUT2D eigenvalue weighted by atomic mass is 127. The molecule has 0 amide bonds. The Bertz CT molecular complexity index is 524. The summed E-state index contributed by atoms with van der Waals surface area (Å²) < 4.78 is 0. The van der Waals surface area contributed by atoms with Crippen molar-refractivity contribution >= 4 is 29.9 Å². The highest BCUT2D eigenvalue weighted by Gasteiger charge is 2.06. The number of rotatable bonds is 5. The highest BCUT2D eigenvalue weighted by molar-refractivity contribution is 14.0. The molecule has 0 radical (unpaired) electrons. The Morgan fingerprint density at radius 3 is 2.67 bits per heavy atom. The molecule has 0 aliphatic heterocycles. The summed E-state index contributed by atoms with van der Waals surface area (Å²) in [6.07, 6.45) is 1.73. The molecule has 3 N–H and O–H groups in total. The molecule has 0 bridgehead atoms. The van der Waals surface area contributed by atoms with Gasteiger partial charge in [-0.25, -0.2) is 4.99 Å². The summed E-state index contributed by atoms with van der Waals surface area (Å²) >= 11 is 0. The predicted octanol–water partition coefficient (Wildman–Crippen LogP) is 2.84. The van der Waals surface area contributed by atoms with Gasteiger partial charge in [0.2, 0.25) is 0 Å². The fourth-order valence-corrected chi connectivity index (χ4v) is 1.89. The molecule has 0 saturated carbocycles. The van der Waals surface area contributed by atoms with E-state index in [0.29, 0.717) is 6.54 Å². The van der Waals surface area contributed by atoms with E-state index in [1.165, 1.54) is 5.56 Å². The highest BCUT2D eigenvalue weighted by Crippen LogP contribution is 2.10. The lowest BCUT2D eigenvalue weighted by atomic mass is 10.1. The average Bonchev–Trinajstić information content (AvgIpc) is 2.99. The number of halogens is 1. The molecular formula is C15H22IN5. The van der Waals surface area contributed by atoms with E-state index in [0.717, 1.165) is 18.2 Å². The summed E-state index contributed by atoms with van der Waals surface area (Å²) in [5, 5.41) is 13.5. The van der Waals surface area contributed by atoms with Crippen molar-refractivity contribution in [1.82, 2.24) is 20.8 Å². The molecule has 1 aromatic carbocycles. The fourth-order valence-electron chi connectivity index (χ4n) is 1.89. The zero-order valence-electron chi connectivity index (χ0n) is 12.3. The Hall–Kier alpha value is -1.57. The second kappa shape index (κ2) is 9.38. The van der Waals surface area contributed by atoms with Crippen LogP contribution in [0.15, 0.2) is 47.6 Å². The van der Waals surface area contributed by atoms with Crippen LogP contribution in [0.2, 0.25) is 0 Å². The third-order valence-electron chi connectivity index (χ3n) is 2.96. The van der Waals surface area contributed by atoms with Crippen molar-refractivity contribution < 1.29 is 0 Å². The van der Waals surface area contributed by atoms with Crippen molar-refractivity contribution in [2.75, 3.05) is 6.54 Å². The zero-order chi connectivity index (χ0) is 14.2. The van der Waals surface area contributed by atoms with Gasteiger partial charge in [-0.15, -0.1) is 24.0 Å². The fraction of sp³-hybridized carbons (Fsp3) is 0.333. The molecule has 2 rings (SSSR count). The molecule has 21 heavy (non-hydrogen) atoms. The first-order valence-electron chi connectivity index (χ1n) is 6.87. The van der Waals surface area contributed by atoms with Crippen LogP contribution in [0.4, 0.5) is 0 Å². The first kappa shape index (κ1) is 17.5. The Kier molecular flexibility index (Phi) is 7.81. The Labute approximate surface area is 142 Å². The summed E-state index contributed by atoms with van der Waals surface area (Å²) in [6, 6.07) is 12.5. The van der Waals surface area contributed by atoms with Crippen molar-refractivity contribution in [3.05, 3.63) is 53.9 Å². The number of aromatic nitrogens is 2. The minimum Gasteiger partial charge on any atom is -0.357 e. The van der Waals surface area contributed by atoms with Crippen LogP contribution in [-0.4, -0.2) is 22.7 Å². The van der Waals surface area contributed by atoms with Crippen molar-refractivity contribution in [1.29, 1.82) is 0 Å². The first-order valence-corrected chi connectivity index (χ1v) is 6.87. The van der Waals surface area contributed by atoms with E-state index in [9.17, 15) is 0 Å². The summed E-state index contributed by atoms with van der Waals surface area (Å²) in [7, 11) is 0. The zero-order valence-corrected chi connectivity index (χ0v) is 14.7. The maximum absolute atomic E-state index is 4.54. The van der Waals surface area contributed by atoms with Gasteiger partial charge >= 0.3 is 0 Å². The number of nitrogens with one attached hydrogen (secondary N) is 3. The van der Waals surface area contributed by atoms with Crippen LogP contribution in [0.3, 0.4) is 0 Å². The number of nitrogens with zero attached hydrogens (tertiary/aromatic N) is 2. The van der Waals surface area contributed by atoms with Gasteiger partial charge in [-0.05, 0) is 25.5 Å². The minimum atomic E-state index is 0. The minimum absolute atomic E-state index is 0. The van der Waals surface area contributed by atoms with Crippen LogP contribution in [0.25, 0.3) is 0 Å². The molecule has 1 heterocycles. The van der Waals surface area contributed by atoms with E-state index < -0.39 is 0 Å². The largest absolute Gasteiger partial charge is 0.357 e. The van der Waals surface area contributed by atoms with Gasteiger partial charge in [0.25, 0.3) is 0 Å².